The summed E-state index contributed by atoms with van der Waals surface area (Å²) in [4.78, 5) is 30.7. The van der Waals surface area contributed by atoms with Gasteiger partial charge in [0.1, 0.15) is 11.5 Å². The molecule has 168 valence electrons. The third kappa shape index (κ3) is 4.11. The molecule has 4 aromatic carbocycles. The Balaban J connectivity index is 1.61. The van der Waals surface area contributed by atoms with Crippen LogP contribution in [0.5, 0.6) is 11.5 Å². The number of carbonyl (C=O) groups is 2. The minimum absolute atomic E-state index is 0.126. The molecule has 1 aliphatic carbocycles. The number of fused-ring (bicyclic) bond motifs is 2. The highest BCUT2D eigenvalue weighted by Gasteiger charge is 2.34. The van der Waals surface area contributed by atoms with Crippen LogP contribution in [0.2, 0.25) is 0 Å². The van der Waals surface area contributed by atoms with Gasteiger partial charge in [0.2, 0.25) is 0 Å². The van der Waals surface area contributed by atoms with Crippen molar-refractivity contribution < 1.29 is 19.1 Å². The maximum Gasteiger partial charge on any atom is 0.195 e. The van der Waals surface area contributed by atoms with E-state index >= 15 is 0 Å². The van der Waals surface area contributed by atoms with Gasteiger partial charge in [-0.1, -0.05) is 47.8 Å². The molecule has 0 radical (unpaired) electrons. The van der Waals surface area contributed by atoms with Gasteiger partial charge in [-0.15, -0.1) is 0 Å². The Morgan fingerprint density at radius 2 is 0.912 bits per heavy atom. The van der Waals surface area contributed by atoms with E-state index in [0.29, 0.717) is 22.3 Å². The van der Waals surface area contributed by atoms with Gasteiger partial charge in [-0.2, -0.15) is 0 Å². The van der Waals surface area contributed by atoms with Crippen molar-refractivity contribution in [1.82, 2.24) is 0 Å². The molecule has 0 saturated heterocycles. The molecule has 0 amide bonds. The van der Waals surface area contributed by atoms with Crippen molar-refractivity contribution in [2.75, 3.05) is 14.2 Å². The zero-order valence-corrected chi connectivity index (χ0v) is 20.2. The molecular weight excluding hydrogens is 464 g/mol. The first-order chi connectivity index (χ1) is 16.6. The van der Waals surface area contributed by atoms with Gasteiger partial charge in [-0.05, 0) is 60.7 Å². The molecule has 0 saturated carbocycles. The van der Waals surface area contributed by atoms with Gasteiger partial charge in [0.05, 0.1) is 14.2 Å². The van der Waals surface area contributed by atoms with Crippen LogP contribution in [-0.4, -0.2) is 25.8 Å². The Bertz CT molecular complexity index is 1290. The number of ether oxygens (including phenoxy) is 2. The third-order valence-corrected chi connectivity index (χ3v) is 7.71. The van der Waals surface area contributed by atoms with Crippen LogP contribution >= 0.6 is 23.5 Å². The molecule has 5 rings (SSSR count). The average Bonchev–Trinajstić information content (AvgIpc) is 2.89. The minimum Gasteiger partial charge on any atom is -0.497 e. The predicted molar refractivity (Wildman–Crippen MR) is 134 cm³/mol. The van der Waals surface area contributed by atoms with Gasteiger partial charge in [-0.25, -0.2) is 0 Å². The summed E-state index contributed by atoms with van der Waals surface area (Å²) in [6.45, 7) is 0. The highest BCUT2D eigenvalue weighted by atomic mass is 32.2. The fourth-order valence-electron chi connectivity index (χ4n) is 3.88. The zero-order valence-electron chi connectivity index (χ0n) is 18.5. The Hall–Kier alpha value is -3.48. The normalized spacial score (nSPS) is 12.2. The monoisotopic (exact) mass is 484 g/mol. The van der Waals surface area contributed by atoms with E-state index in [0.717, 1.165) is 31.1 Å². The van der Waals surface area contributed by atoms with Crippen molar-refractivity contribution in [2.24, 2.45) is 0 Å². The largest absolute Gasteiger partial charge is 0.497 e. The van der Waals surface area contributed by atoms with Crippen LogP contribution < -0.4 is 9.47 Å². The quantitative estimate of drug-likeness (QED) is 0.265. The van der Waals surface area contributed by atoms with Gasteiger partial charge < -0.3 is 9.47 Å². The molecule has 0 aliphatic heterocycles. The van der Waals surface area contributed by atoms with E-state index in [9.17, 15) is 9.59 Å². The molecule has 0 fully saturated rings. The van der Waals surface area contributed by atoms with Crippen molar-refractivity contribution in [3.05, 3.63) is 107 Å². The molecule has 0 aromatic heterocycles. The molecule has 0 heterocycles. The van der Waals surface area contributed by atoms with Gasteiger partial charge >= 0.3 is 0 Å². The predicted octanol–water partition coefficient (Wildman–Crippen LogP) is 6.78. The summed E-state index contributed by atoms with van der Waals surface area (Å²) in [5, 5.41) is 0. The Labute approximate surface area is 206 Å². The first-order valence-electron chi connectivity index (χ1n) is 10.6. The van der Waals surface area contributed by atoms with Crippen molar-refractivity contribution in [2.45, 2.75) is 19.6 Å². The van der Waals surface area contributed by atoms with Gasteiger partial charge in [0.15, 0.2) is 11.6 Å². The third-order valence-electron chi connectivity index (χ3n) is 5.57. The molecule has 6 heteroatoms. The lowest BCUT2D eigenvalue weighted by atomic mass is 9.84. The van der Waals surface area contributed by atoms with Crippen LogP contribution in [0.4, 0.5) is 0 Å². The second-order valence-corrected chi connectivity index (χ2v) is 9.80. The number of hydrogen-bond acceptors (Lipinski definition) is 6. The molecule has 4 nitrogen and oxygen atoms in total. The van der Waals surface area contributed by atoms with E-state index in [2.05, 4.69) is 0 Å². The lowest BCUT2D eigenvalue weighted by Crippen LogP contribution is -2.22. The van der Waals surface area contributed by atoms with E-state index in [1.54, 1.807) is 38.5 Å². The highest BCUT2D eigenvalue weighted by Crippen LogP contribution is 2.43. The summed E-state index contributed by atoms with van der Waals surface area (Å²) in [5.74, 6) is 1.27. The van der Waals surface area contributed by atoms with Crippen LogP contribution in [0, 0.1) is 0 Å². The topological polar surface area (TPSA) is 52.6 Å². The minimum atomic E-state index is -0.126. The first-order valence-corrected chi connectivity index (χ1v) is 12.2. The number of ketones is 2. The molecule has 4 aromatic rings. The average molecular weight is 485 g/mol. The number of hydrogen-bond donors (Lipinski definition) is 0. The SMILES string of the molecule is COc1ccc(Sc2ccc(Sc3ccc(OC)cc3)c3c2C(=O)c2ccccc2C3=O)cc1. The lowest BCUT2D eigenvalue weighted by Gasteiger charge is -2.22. The maximum atomic E-state index is 13.6. The molecule has 0 bridgehead atoms. The number of rotatable bonds is 6. The van der Waals surface area contributed by atoms with E-state index in [1.165, 1.54) is 23.5 Å². The summed E-state index contributed by atoms with van der Waals surface area (Å²) in [5.41, 5.74) is 1.82. The van der Waals surface area contributed by atoms with E-state index < -0.39 is 0 Å². The Kier molecular flexibility index (Phi) is 6.18. The van der Waals surface area contributed by atoms with E-state index in [4.69, 9.17) is 9.47 Å². The van der Waals surface area contributed by atoms with Gasteiger partial charge in [0.25, 0.3) is 0 Å². The van der Waals surface area contributed by atoms with Crippen LogP contribution in [0.15, 0.2) is 105 Å². The van der Waals surface area contributed by atoms with E-state index in [1.807, 2.05) is 60.7 Å². The maximum absolute atomic E-state index is 13.6. The van der Waals surface area contributed by atoms with Crippen LogP contribution in [0.25, 0.3) is 0 Å². The summed E-state index contributed by atoms with van der Waals surface area (Å²) >= 11 is 2.93. The van der Waals surface area contributed by atoms with Crippen LogP contribution in [0.1, 0.15) is 31.8 Å². The molecule has 0 unspecified atom stereocenters. The number of carbonyl (C=O) groups excluding carboxylic acids is 2. The molecule has 1 aliphatic rings. The van der Waals surface area contributed by atoms with Gasteiger partial charge in [-0.3, -0.25) is 9.59 Å². The standard InChI is InChI=1S/C28H20O4S2/c1-31-17-7-11-19(12-8-17)33-23-15-16-24(34-20-13-9-18(32-2)10-14-20)26-25(23)27(29)21-5-3-4-6-22(21)28(26)30/h3-16H,1-2H3. The second-order valence-electron chi connectivity index (χ2n) is 7.57. The summed E-state index contributed by atoms with van der Waals surface area (Å²) < 4.78 is 10.5. The Morgan fingerprint density at radius 1 is 0.529 bits per heavy atom. The van der Waals surface area contributed by atoms with Crippen molar-refractivity contribution >= 4 is 35.1 Å². The van der Waals surface area contributed by atoms with Crippen molar-refractivity contribution in [3.63, 3.8) is 0 Å². The van der Waals surface area contributed by atoms with Crippen LogP contribution in [0.3, 0.4) is 0 Å². The molecule has 34 heavy (non-hydrogen) atoms. The van der Waals surface area contributed by atoms with Gasteiger partial charge in [0, 0.05) is 41.8 Å². The summed E-state index contributed by atoms with van der Waals surface area (Å²) in [6, 6.07) is 26.2. The Morgan fingerprint density at radius 3 is 1.26 bits per heavy atom. The molecule has 0 atom stereocenters. The van der Waals surface area contributed by atoms with E-state index in [-0.39, 0.29) is 11.6 Å². The summed E-state index contributed by atoms with van der Waals surface area (Å²) in [6.07, 6.45) is 0. The second kappa shape index (κ2) is 9.41. The number of methoxy groups -OCH3 is 2. The fourth-order valence-corrected chi connectivity index (χ4v) is 5.79. The van der Waals surface area contributed by atoms with Crippen molar-refractivity contribution in [3.8, 4) is 11.5 Å². The van der Waals surface area contributed by atoms with Crippen molar-refractivity contribution in [1.29, 1.82) is 0 Å². The molecule has 0 N–H and O–H groups in total. The highest BCUT2D eigenvalue weighted by molar-refractivity contribution is 8.00. The number of benzene rings is 4. The first kappa shape index (κ1) is 22.3. The summed E-state index contributed by atoms with van der Waals surface area (Å²) in [7, 11) is 3.25. The lowest BCUT2D eigenvalue weighted by molar-refractivity contribution is 0.0974. The smallest absolute Gasteiger partial charge is 0.195 e. The zero-order chi connectivity index (χ0) is 23.7. The molecular formula is C28H20O4S2. The van der Waals surface area contributed by atoms with Crippen LogP contribution in [-0.2, 0) is 0 Å². The fraction of sp³-hybridized carbons (Fsp3) is 0.0714. The molecule has 0 spiro atoms.